The Balaban J connectivity index is 2.38. The summed E-state index contributed by atoms with van der Waals surface area (Å²) in [6.07, 6.45) is 1.94. The number of hydrogen-bond acceptors (Lipinski definition) is 5. The van der Waals surface area contributed by atoms with Gasteiger partial charge >= 0.3 is 0 Å². The van der Waals surface area contributed by atoms with E-state index in [1.165, 1.54) is 0 Å². The van der Waals surface area contributed by atoms with Crippen LogP contribution in [0.25, 0.3) is 0 Å². The van der Waals surface area contributed by atoms with Crippen molar-refractivity contribution >= 4 is 27.5 Å². The summed E-state index contributed by atoms with van der Waals surface area (Å²) in [7, 11) is -3.30. The molecule has 0 bridgehead atoms. The van der Waals surface area contributed by atoms with Gasteiger partial charge in [0.05, 0.1) is 11.4 Å². The smallest absolute Gasteiger partial charge is 0.214 e. The van der Waals surface area contributed by atoms with Crippen molar-refractivity contribution in [1.82, 2.24) is 4.72 Å². The van der Waals surface area contributed by atoms with Crippen LogP contribution in [0.15, 0.2) is 24.3 Å². The number of benzene rings is 1. The summed E-state index contributed by atoms with van der Waals surface area (Å²) >= 11 is 1.61. The van der Waals surface area contributed by atoms with Crippen LogP contribution in [0, 0.1) is 0 Å². The van der Waals surface area contributed by atoms with Crippen LogP contribution in [0.5, 0.6) is 5.75 Å². The monoisotopic (exact) mass is 304 g/mol. The fraction of sp³-hybridized carbons (Fsp3) is 0.500. The molecule has 1 unspecified atom stereocenters. The second-order valence-corrected chi connectivity index (χ2v) is 7.30. The van der Waals surface area contributed by atoms with E-state index in [0.29, 0.717) is 18.0 Å². The summed E-state index contributed by atoms with van der Waals surface area (Å²) in [4.78, 5) is 0. The molecule has 0 aliphatic heterocycles. The van der Waals surface area contributed by atoms with Crippen LogP contribution < -0.4 is 15.2 Å². The van der Waals surface area contributed by atoms with Gasteiger partial charge in [0.25, 0.3) is 0 Å². The first kappa shape index (κ1) is 16.1. The Kier molecular flexibility index (Phi) is 6.47. The number of hydrogen-bond donors (Lipinski definition) is 2. The minimum atomic E-state index is -3.30. The maximum absolute atomic E-state index is 11.7. The first-order chi connectivity index (χ1) is 8.94. The summed E-state index contributed by atoms with van der Waals surface area (Å²) in [5.74, 6) is 0.429. The summed E-state index contributed by atoms with van der Waals surface area (Å²) in [5, 5.41) is 0.250. The third-order valence-electron chi connectivity index (χ3n) is 2.52. The van der Waals surface area contributed by atoms with Gasteiger partial charge in [-0.15, -0.1) is 0 Å². The van der Waals surface area contributed by atoms with E-state index < -0.39 is 10.0 Å². The minimum absolute atomic E-state index is 0.0806. The highest BCUT2D eigenvalue weighted by molar-refractivity contribution is 7.99. The van der Waals surface area contributed by atoms with E-state index in [1.807, 2.05) is 13.2 Å². The number of anilines is 1. The van der Waals surface area contributed by atoms with Gasteiger partial charge in [0.2, 0.25) is 10.0 Å². The zero-order valence-electron chi connectivity index (χ0n) is 11.1. The second-order valence-electron chi connectivity index (χ2n) is 4.10. The fourth-order valence-electron chi connectivity index (χ4n) is 1.27. The first-order valence-electron chi connectivity index (χ1n) is 5.92. The fourth-order valence-corrected chi connectivity index (χ4v) is 2.58. The molecule has 7 heteroatoms. The van der Waals surface area contributed by atoms with Crippen molar-refractivity contribution in [2.24, 2.45) is 0 Å². The Hall–Kier alpha value is -0.920. The highest BCUT2D eigenvalue weighted by Gasteiger charge is 2.12. The number of nitrogens with one attached hydrogen (secondary N) is 1. The van der Waals surface area contributed by atoms with Crippen LogP contribution >= 0.6 is 11.8 Å². The molecule has 5 nitrogen and oxygen atoms in total. The van der Waals surface area contributed by atoms with Gasteiger partial charge in [-0.1, -0.05) is 19.1 Å². The molecule has 0 saturated carbocycles. The van der Waals surface area contributed by atoms with Crippen LogP contribution in [-0.4, -0.2) is 38.8 Å². The molecular formula is C12H20N2O3S2. The SMILES string of the molecule is CSC(C)CNS(=O)(=O)CCOc1ccccc1N. The minimum Gasteiger partial charge on any atom is -0.490 e. The molecule has 0 amide bonds. The maximum Gasteiger partial charge on any atom is 0.214 e. The number of nitrogens with two attached hydrogens (primary N) is 1. The highest BCUT2D eigenvalue weighted by Crippen LogP contribution is 2.19. The highest BCUT2D eigenvalue weighted by atomic mass is 32.2. The Morgan fingerprint density at radius 1 is 1.42 bits per heavy atom. The van der Waals surface area contributed by atoms with Crippen LogP contribution in [-0.2, 0) is 10.0 Å². The van der Waals surface area contributed by atoms with E-state index in [0.717, 1.165) is 0 Å². The molecule has 0 fully saturated rings. The van der Waals surface area contributed by atoms with Crippen molar-refractivity contribution < 1.29 is 13.2 Å². The molecule has 0 aliphatic carbocycles. The van der Waals surface area contributed by atoms with Gasteiger partial charge in [0.1, 0.15) is 12.4 Å². The molecule has 0 aliphatic rings. The predicted molar refractivity (Wildman–Crippen MR) is 81.1 cm³/mol. The lowest BCUT2D eigenvalue weighted by Crippen LogP contribution is -2.33. The number of thioether (sulfide) groups is 1. The zero-order chi connectivity index (χ0) is 14.3. The normalized spacial score (nSPS) is 13.2. The van der Waals surface area contributed by atoms with Crippen LogP contribution in [0.1, 0.15) is 6.92 Å². The Morgan fingerprint density at radius 3 is 2.74 bits per heavy atom. The van der Waals surface area contributed by atoms with E-state index in [2.05, 4.69) is 4.72 Å². The number of rotatable bonds is 8. The second kappa shape index (κ2) is 7.62. The third kappa shape index (κ3) is 6.17. The number of ether oxygens (including phenoxy) is 1. The molecule has 0 spiro atoms. The topological polar surface area (TPSA) is 81.4 Å². The maximum atomic E-state index is 11.7. The predicted octanol–water partition coefficient (Wildman–Crippen LogP) is 1.32. The largest absolute Gasteiger partial charge is 0.490 e. The van der Waals surface area contributed by atoms with E-state index in [-0.39, 0.29) is 17.6 Å². The molecule has 1 atom stereocenters. The van der Waals surface area contributed by atoms with Gasteiger partial charge in [-0.3, -0.25) is 0 Å². The molecule has 0 radical (unpaired) electrons. The molecule has 1 aromatic rings. The molecule has 1 rings (SSSR count). The number of sulfonamides is 1. The average Bonchev–Trinajstić information content (AvgIpc) is 2.38. The Morgan fingerprint density at radius 2 is 2.11 bits per heavy atom. The molecule has 1 aromatic carbocycles. The number of para-hydroxylation sites is 2. The standard InChI is InChI=1S/C12H20N2O3S2/c1-10(18-2)9-14-19(15,16)8-7-17-12-6-4-3-5-11(12)13/h3-6,10,14H,7-9,13H2,1-2H3. The first-order valence-corrected chi connectivity index (χ1v) is 8.86. The molecule has 19 heavy (non-hydrogen) atoms. The molecule has 0 heterocycles. The van der Waals surface area contributed by atoms with Crippen molar-refractivity contribution in [3.63, 3.8) is 0 Å². The summed E-state index contributed by atoms with van der Waals surface area (Å²) < 4.78 is 31.3. The van der Waals surface area contributed by atoms with Crippen molar-refractivity contribution in [3.8, 4) is 5.75 Å². The van der Waals surface area contributed by atoms with E-state index in [4.69, 9.17) is 10.5 Å². The van der Waals surface area contributed by atoms with Gasteiger partial charge in [0.15, 0.2) is 0 Å². The van der Waals surface area contributed by atoms with Crippen molar-refractivity contribution in [2.45, 2.75) is 12.2 Å². The lowest BCUT2D eigenvalue weighted by Gasteiger charge is -2.12. The van der Waals surface area contributed by atoms with E-state index in [1.54, 1.807) is 36.0 Å². The van der Waals surface area contributed by atoms with Gasteiger partial charge < -0.3 is 10.5 Å². The van der Waals surface area contributed by atoms with Gasteiger partial charge in [0, 0.05) is 11.8 Å². The third-order valence-corrected chi connectivity index (χ3v) is 4.80. The quantitative estimate of drug-likeness (QED) is 0.708. The number of nitrogen functional groups attached to an aromatic ring is 1. The molecule has 3 N–H and O–H groups in total. The van der Waals surface area contributed by atoms with Gasteiger partial charge in [-0.05, 0) is 18.4 Å². The van der Waals surface area contributed by atoms with E-state index in [9.17, 15) is 8.42 Å². The Bertz CT molecular complexity index is 492. The van der Waals surface area contributed by atoms with Gasteiger partial charge in [-0.25, -0.2) is 13.1 Å². The Labute approximate surface area is 119 Å². The lowest BCUT2D eigenvalue weighted by molar-refractivity contribution is 0.342. The van der Waals surface area contributed by atoms with Gasteiger partial charge in [-0.2, -0.15) is 11.8 Å². The summed E-state index contributed by atoms with van der Waals surface area (Å²) in [5.41, 5.74) is 6.20. The average molecular weight is 304 g/mol. The molecular weight excluding hydrogens is 284 g/mol. The zero-order valence-corrected chi connectivity index (χ0v) is 12.8. The summed E-state index contributed by atoms with van der Waals surface area (Å²) in [6.45, 7) is 2.47. The van der Waals surface area contributed by atoms with Crippen molar-refractivity contribution in [1.29, 1.82) is 0 Å². The van der Waals surface area contributed by atoms with Crippen LogP contribution in [0.2, 0.25) is 0 Å². The van der Waals surface area contributed by atoms with Crippen LogP contribution in [0.4, 0.5) is 5.69 Å². The summed E-state index contributed by atoms with van der Waals surface area (Å²) in [6, 6.07) is 7.01. The molecule has 108 valence electrons. The lowest BCUT2D eigenvalue weighted by atomic mass is 10.3. The van der Waals surface area contributed by atoms with Crippen molar-refractivity contribution in [2.75, 3.05) is 30.9 Å². The molecule has 0 saturated heterocycles. The molecule has 0 aromatic heterocycles. The van der Waals surface area contributed by atoms with Crippen LogP contribution in [0.3, 0.4) is 0 Å². The van der Waals surface area contributed by atoms with Crippen molar-refractivity contribution in [3.05, 3.63) is 24.3 Å². The van der Waals surface area contributed by atoms with E-state index >= 15 is 0 Å².